The molecule has 0 radical (unpaired) electrons. The van der Waals surface area contributed by atoms with Gasteiger partial charge in [-0.2, -0.15) is 0 Å². The highest BCUT2D eigenvalue weighted by atomic mass is 35.5. The maximum Gasteiger partial charge on any atom is 0.137 e. The monoisotopic (exact) mass is 213 g/mol. The molecule has 0 aliphatic heterocycles. The van der Waals surface area contributed by atoms with Gasteiger partial charge in [0.2, 0.25) is 0 Å². The van der Waals surface area contributed by atoms with Crippen LogP contribution in [0.15, 0.2) is 6.33 Å². The van der Waals surface area contributed by atoms with E-state index in [0.717, 1.165) is 30.8 Å². The van der Waals surface area contributed by atoms with Gasteiger partial charge in [0.15, 0.2) is 0 Å². The Morgan fingerprint density at radius 3 is 2.64 bits per heavy atom. The normalized spacial score (nSPS) is 10.3. The van der Waals surface area contributed by atoms with Crippen LogP contribution in [0.5, 0.6) is 0 Å². The molecule has 4 heteroatoms. The van der Waals surface area contributed by atoms with Gasteiger partial charge in [-0.05, 0) is 13.3 Å². The minimum Gasteiger partial charge on any atom is -0.360 e. The lowest BCUT2D eigenvalue weighted by Crippen LogP contribution is -2.19. The summed E-state index contributed by atoms with van der Waals surface area (Å²) in [6, 6.07) is 0. The average Bonchev–Trinajstić information content (AvgIpc) is 2.20. The summed E-state index contributed by atoms with van der Waals surface area (Å²) in [7, 11) is 2.01. The Balaban J connectivity index is 3.07. The third-order valence-electron chi connectivity index (χ3n) is 2.21. The number of hydrogen-bond acceptors (Lipinski definition) is 3. The van der Waals surface area contributed by atoms with Gasteiger partial charge in [-0.1, -0.05) is 24.9 Å². The third-order valence-corrected chi connectivity index (χ3v) is 2.53. The number of rotatable bonds is 4. The highest BCUT2D eigenvalue weighted by Crippen LogP contribution is 2.23. The van der Waals surface area contributed by atoms with Gasteiger partial charge in [-0.25, -0.2) is 9.97 Å². The lowest BCUT2D eigenvalue weighted by Gasteiger charge is -2.19. The van der Waals surface area contributed by atoms with E-state index >= 15 is 0 Å². The van der Waals surface area contributed by atoms with Gasteiger partial charge in [0.05, 0.1) is 0 Å². The molecule has 14 heavy (non-hydrogen) atoms. The van der Waals surface area contributed by atoms with Gasteiger partial charge in [0, 0.05) is 19.2 Å². The molecule has 1 rings (SSSR count). The standard InChI is InChI=1S/C10H16ClN3/c1-4-6-8-9(11)12-7-13-10(8)14(3)5-2/h7H,4-6H2,1-3H3. The van der Waals surface area contributed by atoms with Crippen molar-refractivity contribution in [3.05, 3.63) is 17.0 Å². The predicted molar refractivity (Wildman–Crippen MR) is 60.0 cm³/mol. The SMILES string of the molecule is CCCc1c(Cl)ncnc1N(C)CC. The highest BCUT2D eigenvalue weighted by Gasteiger charge is 2.11. The number of nitrogens with zero attached hydrogens (tertiary/aromatic N) is 3. The Kier molecular flexibility index (Phi) is 4.14. The molecule has 0 unspecified atom stereocenters. The zero-order chi connectivity index (χ0) is 10.6. The van der Waals surface area contributed by atoms with Crippen molar-refractivity contribution in [3.63, 3.8) is 0 Å². The predicted octanol–water partition coefficient (Wildman–Crippen LogP) is 2.54. The van der Waals surface area contributed by atoms with Crippen LogP contribution in [0.1, 0.15) is 25.8 Å². The maximum atomic E-state index is 6.03. The summed E-state index contributed by atoms with van der Waals surface area (Å²) in [6.07, 6.45) is 3.50. The summed E-state index contributed by atoms with van der Waals surface area (Å²) in [4.78, 5) is 10.3. The Morgan fingerprint density at radius 2 is 2.07 bits per heavy atom. The Morgan fingerprint density at radius 1 is 1.36 bits per heavy atom. The van der Waals surface area contributed by atoms with E-state index in [1.54, 1.807) is 0 Å². The van der Waals surface area contributed by atoms with Crippen molar-refractivity contribution in [2.75, 3.05) is 18.5 Å². The molecule has 3 nitrogen and oxygen atoms in total. The molecule has 1 heterocycles. The van der Waals surface area contributed by atoms with E-state index in [1.807, 2.05) is 7.05 Å². The molecule has 0 atom stereocenters. The zero-order valence-electron chi connectivity index (χ0n) is 8.92. The quantitative estimate of drug-likeness (QED) is 0.720. The first-order chi connectivity index (χ1) is 6.70. The Hall–Kier alpha value is -0.830. The van der Waals surface area contributed by atoms with Crippen molar-refractivity contribution in [1.82, 2.24) is 9.97 Å². The van der Waals surface area contributed by atoms with Crippen molar-refractivity contribution < 1.29 is 0 Å². The summed E-state index contributed by atoms with van der Waals surface area (Å²) >= 11 is 6.03. The Labute approximate surface area is 90.1 Å². The second-order valence-electron chi connectivity index (χ2n) is 3.23. The van der Waals surface area contributed by atoms with Crippen molar-refractivity contribution in [1.29, 1.82) is 0 Å². The molecule has 1 aromatic rings. The number of halogens is 1. The fourth-order valence-electron chi connectivity index (χ4n) is 1.33. The van der Waals surface area contributed by atoms with Crippen LogP contribution in [-0.4, -0.2) is 23.6 Å². The minimum absolute atomic E-state index is 0.581. The maximum absolute atomic E-state index is 6.03. The van der Waals surface area contributed by atoms with Crippen molar-refractivity contribution >= 4 is 17.4 Å². The molecule has 0 bridgehead atoms. The molecule has 0 fully saturated rings. The summed E-state index contributed by atoms with van der Waals surface area (Å²) in [5.41, 5.74) is 1.06. The fourth-order valence-corrected chi connectivity index (χ4v) is 1.55. The first-order valence-corrected chi connectivity index (χ1v) is 5.29. The van der Waals surface area contributed by atoms with Crippen molar-refractivity contribution in [2.24, 2.45) is 0 Å². The van der Waals surface area contributed by atoms with Gasteiger partial charge in [0.1, 0.15) is 17.3 Å². The van der Waals surface area contributed by atoms with E-state index < -0.39 is 0 Å². The fraction of sp³-hybridized carbons (Fsp3) is 0.600. The van der Waals surface area contributed by atoms with Crippen LogP contribution in [0.4, 0.5) is 5.82 Å². The van der Waals surface area contributed by atoms with Crippen LogP contribution in [0, 0.1) is 0 Å². The second-order valence-corrected chi connectivity index (χ2v) is 3.59. The van der Waals surface area contributed by atoms with Crippen LogP contribution < -0.4 is 4.90 Å². The largest absolute Gasteiger partial charge is 0.360 e. The molecule has 0 saturated heterocycles. The molecule has 0 aromatic carbocycles. The van der Waals surface area contributed by atoms with Gasteiger partial charge in [-0.3, -0.25) is 0 Å². The topological polar surface area (TPSA) is 29.0 Å². The zero-order valence-corrected chi connectivity index (χ0v) is 9.67. The van der Waals surface area contributed by atoms with E-state index in [2.05, 4.69) is 28.7 Å². The van der Waals surface area contributed by atoms with Crippen LogP contribution >= 0.6 is 11.6 Å². The van der Waals surface area contributed by atoms with Gasteiger partial charge in [-0.15, -0.1) is 0 Å². The molecular weight excluding hydrogens is 198 g/mol. The summed E-state index contributed by atoms with van der Waals surface area (Å²) in [5, 5.41) is 0.581. The van der Waals surface area contributed by atoms with Crippen LogP contribution in [0.25, 0.3) is 0 Å². The molecule has 78 valence electrons. The molecule has 0 saturated carbocycles. The molecule has 1 aromatic heterocycles. The summed E-state index contributed by atoms with van der Waals surface area (Å²) in [6.45, 7) is 5.13. The number of hydrogen-bond donors (Lipinski definition) is 0. The molecule has 0 N–H and O–H groups in total. The lowest BCUT2D eigenvalue weighted by molar-refractivity contribution is 0.859. The molecule has 0 aliphatic rings. The van der Waals surface area contributed by atoms with Crippen molar-refractivity contribution in [3.8, 4) is 0 Å². The van der Waals surface area contributed by atoms with E-state index in [-0.39, 0.29) is 0 Å². The molecule has 0 amide bonds. The molecular formula is C10H16ClN3. The second kappa shape index (κ2) is 5.15. The van der Waals surface area contributed by atoms with E-state index in [9.17, 15) is 0 Å². The summed E-state index contributed by atoms with van der Waals surface area (Å²) in [5.74, 6) is 0.953. The third kappa shape index (κ3) is 2.35. The van der Waals surface area contributed by atoms with Gasteiger partial charge in [0.25, 0.3) is 0 Å². The summed E-state index contributed by atoms with van der Waals surface area (Å²) < 4.78 is 0. The van der Waals surface area contributed by atoms with E-state index in [4.69, 9.17) is 11.6 Å². The van der Waals surface area contributed by atoms with E-state index in [0.29, 0.717) is 5.15 Å². The van der Waals surface area contributed by atoms with Gasteiger partial charge >= 0.3 is 0 Å². The lowest BCUT2D eigenvalue weighted by atomic mass is 10.2. The average molecular weight is 214 g/mol. The van der Waals surface area contributed by atoms with Crippen LogP contribution in [-0.2, 0) is 6.42 Å². The minimum atomic E-state index is 0.581. The van der Waals surface area contributed by atoms with Gasteiger partial charge < -0.3 is 4.90 Å². The first kappa shape index (κ1) is 11.2. The van der Waals surface area contributed by atoms with E-state index in [1.165, 1.54) is 6.33 Å². The van der Waals surface area contributed by atoms with Crippen LogP contribution in [0.3, 0.4) is 0 Å². The Bertz CT molecular complexity index is 301. The first-order valence-electron chi connectivity index (χ1n) is 4.91. The molecule has 0 spiro atoms. The van der Waals surface area contributed by atoms with Crippen LogP contribution in [0.2, 0.25) is 5.15 Å². The highest BCUT2D eigenvalue weighted by molar-refractivity contribution is 6.30. The van der Waals surface area contributed by atoms with Crippen molar-refractivity contribution in [2.45, 2.75) is 26.7 Å². The smallest absolute Gasteiger partial charge is 0.137 e. The molecule has 0 aliphatic carbocycles. The number of anilines is 1. The number of aromatic nitrogens is 2.